The van der Waals surface area contributed by atoms with Crippen LogP contribution in [0.4, 0.5) is 0 Å². The van der Waals surface area contributed by atoms with Crippen LogP contribution >= 0.6 is 23.2 Å². The van der Waals surface area contributed by atoms with Gasteiger partial charge in [0.1, 0.15) is 5.69 Å². The molecule has 0 aliphatic carbocycles. The predicted octanol–water partition coefficient (Wildman–Crippen LogP) is 6.29. The Morgan fingerprint density at radius 2 is 1.91 bits per heavy atom. The average Bonchev–Trinajstić information content (AvgIpc) is 3.39. The third kappa shape index (κ3) is 3.92. The second-order valence-electron chi connectivity index (χ2n) is 7.77. The molecule has 8 heteroatoms. The monoisotopic (exact) mass is 476 g/mol. The first-order valence-corrected chi connectivity index (χ1v) is 11.0. The van der Waals surface area contributed by atoms with Crippen LogP contribution in [0.5, 0.6) is 0 Å². The van der Waals surface area contributed by atoms with E-state index in [-0.39, 0.29) is 17.5 Å². The van der Waals surface area contributed by atoms with Crippen LogP contribution in [-0.2, 0) is 6.54 Å². The number of benzene rings is 2. The SMILES string of the molecule is Cc1ccc2c(c1)c(C(=O)c1nc(-c3ccccn3)no1)c(C)n2Cc1ccc(Cl)cc1Cl. The number of hydrogen-bond donors (Lipinski definition) is 0. The topological polar surface area (TPSA) is 73.8 Å². The lowest BCUT2D eigenvalue weighted by molar-refractivity contribution is 0.0994. The largest absolute Gasteiger partial charge is 0.340 e. The molecule has 0 unspecified atom stereocenters. The molecule has 0 N–H and O–H groups in total. The lowest BCUT2D eigenvalue weighted by Crippen LogP contribution is -2.07. The highest BCUT2D eigenvalue weighted by atomic mass is 35.5. The van der Waals surface area contributed by atoms with Crippen molar-refractivity contribution in [2.24, 2.45) is 0 Å². The number of fused-ring (bicyclic) bond motifs is 1. The van der Waals surface area contributed by atoms with Crippen molar-refractivity contribution in [3.05, 3.63) is 99.1 Å². The minimum Gasteiger partial charge on any atom is -0.340 e. The number of carbonyl (C=O) groups excluding carboxylic acids is 1. The molecule has 2 aromatic carbocycles. The lowest BCUT2D eigenvalue weighted by Gasteiger charge is -2.11. The maximum Gasteiger partial charge on any atom is 0.299 e. The molecule has 0 aliphatic rings. The summed E-state index contributed by atoms with van der Waals surface area (Å²) in [6.45, 7) is 4.38. The molecule has 0 radical (unpaired) electrons. The Bertz CT molecular complexity index is 1510. The smallest absolute Gasteiger partial charge is 0.299 e. The molecule has 5 aromatic rings. The van der Waals surface area contributed by atoms with Crippen molar-refractivity contribution in [2.75, 3.05) is 0 Å². The lowest BCUT2D eigenvalue weighted by atomic mass is 10.0. The van der Waals surface area contributed by atoms with Crippen LogP contribution in [-0.4, -0.2) is 25.5 Å². The Labute approximate surface area is 199 Å². The summed E-state index contributed by atoms with van der Waals surface area (Å²) in [5.74, 6) is -0.146. The van der Waals surface area contributed by atoms with Gasteiger partial charge in [-0.3, -0.25) is 9.78 Å². The van der Waals surface area contributed by atoms with E-state index in [0.717, 1.165) is 27.7 Å². The van der Waals surface area contributed by atoms with E-state index in [1.807, 2.05) is 44.2 Å². The van der Waals surface area contributed by atoms with Crippen molar-refractivity contribution in [3.8, 4) is 11.5 Å². The molecule has 3 heterocycles. The van der Waals surface area contributed by atoms with E-state index >= 15 is 0 Å². The number of aryl methyl sites for hydroxylation is 1. The van der Waals surface area contributed by atoms with Crippen molar-refractivity contribution in [1.82, 2.24) is 19.7 Å². The minimum absolute atomic E-state index is 0.0798. The van der Waals surface area contributed by atoms with Crippen molar-refractivity contribution in [3.63, 3.8) is 0 Å². The second kappa shape index (κ2) is 8.46. The molecule has 0 aliphatic heterocycles. The fraction of sp³-hybridized carbons (Fsp3) is 0.120. The Kier molecular flexibility index (Phi) is 5.48. The van der Waals surface area contributed by atoms with Gasteiger partial charge in [0, 0.05) is 39.4 Å². The molecule has 6 nitrogen and oxygen atoms in total. The second-order valence-corrected chi connectivity index (χ2v) is 8.61. The Balaban J connectivity index is 1.61. The summed E-state index contributed by atoms with van der Waals surface area (Å²) >= 11 is 12.5. The molecule has 164 valence electrons. The van der Waals surface area contributed by atoms with Gasteiger partial charge in [-0.1, -0.05) is 52.1 Å². The van der Waals surface area contributed by atoms with Gasteiger partial charge in [-0.15, -0.1) is 0 Å². The molecule has 0 atom stereocenters. The molecule has 0 spiro atoms. The Morgan fingerprint density at radius 3 is 2.67 bits per heavy atom. The first-order valence-electron chi connectivity index (χ1n) is 10.3. The third-order valence-electron chi connectivity index (χ3n) is 5.56. The number of pyridine rings is 1. The van der Waals surface area contributed by atoms with Gasteiger partial charge < -0.3 is 9.09 Å². The van der Waals surface area contributed by atoms with Crippen molar-refractivity contribution in [2.45, 2.75) is 20.4 Å². The van der Waals surface area contributed by atoms with Gasteiger partial charge in [0.2, 0.25) is 5.82 Å². The molecular weight excluding hydrogens is 459 g/mol. The van der Waals surface area contributed by atoms with E-state index in [1.165, 1.54) is 0 Å². The number of nitrogens with zero attached hydrogens (tertiary/aromatic N) is 4. The highest BCUT2D eigenvalue weighted by Gasteiger charge is 2.26. The maximum absolute atomic E-state index is 13.5. The van der Waals surface area contributed by atoms with Gasteiger partial charge in [-0.05, 0) is 55.8 Å². The molecular formula is C25H18Cl2N4O2. The van der Waals surface area contributed by atoms with Crippen LogP contribution in [0.25, 0.3) is 22.4 Å². The van der Waals surface area contributed by atoms with Gasteiger partial charge in [-0.2, -0.15) is 4.98 Å². The summed E-state index contributed by atoms with van der Waals surface area (Å²) in [5, 5.41) is 5.91. The first-order chi connectivity index (χ1) is 15.9. The van der Waals surface area contributed by atoms with Crippen molar-refractivity contribution in [1.29, 1.82) is 0 Å². The van der Waals surface area contributed by atoms with Crippen LogP contribution in [0.2, 0.25) is 10.0 Å². The van der Waals surface area contributed by atoms with Gasteiger partial charge in [-0.25, -0.2) is 0 Å². The fourth-order valence-corrected chi connectivity index (χ4v) is 4.40. The predicted molar refractivity (Wildman–Crippen MR) is 128 cm³/mol. The van der Waals surface area contributed by atoms with Gasteiger partial charge in [0.15, 0.2) is 0 Å². The first kappa shape index (κ1) is 21.4. The van der Waals surface area contributed by atoms with E-state index in [0.29, 0.717) is 27.8 Å². The Hall–Kier alpha value is -3.48. The minimum atomic E-state index is -0.335. The quantitative estimate of drug-likeness (QED) is 0.278. The van der Waals surface area contributed by atoms with Crippen molar-refractivity contribution < 1.29 is 9.32 Å². The van der Waals surface area contributed by atoms with E-state index in [4.69, 9.17) is 27.7 Å². The summed E-state index contributed by atoms with van der Waals surface area (Å²) < 4.78 is 7.40. The fourth-order valence-electron chi connectivity index (χ4n) is 3.93. The normalized spacial score (nSPS) is 11.3. The van der Waals surface area contributed by atoms with Crippen LogP contribution < -0.4 is 0 Å². The summed E-state index contributed by atoms with van der Waals surface area (Å²) in [4.78, 5) is 22.1. The van der Waals surface area contributed by atoms with Crippen LogP contribution in [0.3, 0.4) is 0 Å². The zero-order valence-corrected chi connectivity index (χ0v) is 19.4. The standard InChI is InChI=1S/C25H18Cl2N4O2/c1-14-6-9-21-18(11-14)22(15(2)31(21)13-16-7-8-17(26)12-19(16)27)23(32)25-29-24(30-33-25)20-5-3-4-10-28-20/h3-12H,13H2,1-2H3. The van der Waals surface area contributed by atoms with E-state index in [1.54, 1.807) is 30.5 Å². The van der Waals surface area contributed by atoms with Gasteiger partial charge >= 0.3 is 0 Å². The highest BCUT2D eigenvalue weighted by Crippen LogP contribution is 2.31. The summed E-state index contributed by atoms with van der Waals surface area (Å²) in [6.07, 6.45) is 1.63. The number of halogens is 2. The average molecular weight is 477 g/mol. The zero-order chi connectivity index (χ0) is 23.1. The Morgan fingerprint density at radius 1 is 1.06 bits per heavy atom. The van der Waals surface area contributed by atoms with E-state index < -0.39 is 0 Å². The van der Waals surface area contributed by atoms with Crippen molar-refractivity contribution >= 4 is 39.9 Å². The number of carbonyl (C=O) groups is 1. The number of rotatable bonds is 5. The molecule has 33 heavy (non-hydrogen) atoms. The molecule has 0 fully saturated rings. The molecule has 0 saturated heterocycles. The third-order valence-corrected chi connectivity index (χ3v) is 6.15. The van der Waals surface area contributed by atoms with Crippen LogP contribution in [0.15, 0.2) is 65.3 Å². The molecule has 5 rings (SSSR count). The summed E-state index contributed by atoms with van der Waals surface area (Å²) in [5.41, 5.74) is 4.69. The molecule has 0 saturated carbocycles. The molecule has 0 bridgehead atoms. The van der Waals surface area contributed by atoms with E-state index in [9.17, 15) is 4.79 Å². The van der Waals surface area contributed by atoms with Gasteiger partial charge in [0.25, 0.3) is 11.7 Å². The zero-order valence-electron chi connectivity index (χ0n) is 17.8. The van der Waals surface area contributed by atoms with Gasteiger partial charge in [0.05, 0.1) is 5.56 Å². The maximum atomic E-state index is 13.5. The number of hydrogen-bond acceptors (Lipinski definition) is 5. The summed E-state index contributed by atoms with van der Waals surface area (Å²) in [6, 6.07) is 16.8. The van der Waals surface area contributed by atoms with E-state index in [2.05, 4.69) is 19.7 Å². The number of aromatic nitrogens is 4. The van der Waals surface area contributed by atoms with Crippen LogP contribution in [0, 0.1) is 13.8 Å². The number of ketones is 1. The molecule has 0 amide bonds. The molecule has 3 aromatic heterocycles. The summed E-state index contributed by atoms with van der Waals surface area (Å²) in [7, 11) is 0. The van der Waals surface area contributed by atoms with Crippen LogP contribution in [0.1, 0.15) is 33.1 Å². The highest BCUT2D eigenvalue weighted by molar-refractivity contribution is 6.35.